The topological polar surface area (TPSA) is 55.7 Å². The molecule has 0 aromatic heterocycles. The summed E-state index contributed by atoms with van der Waals surface area (Å²) in [7, 11) is -3.83. The van der Waals surface area contributed by atoms with E-state index in [9.17, 15) is 8.42 Å². The van der Waals surface area contributed by atoms with Gasteiger partial charge in [0.2, 0.25) is 0 Å². The van der Waals surface area contributed by atoms with Crippen LogP contribution in [0.25, 0.3) is 10.8 Å². The summed E-state index contributed by atoms with van der Waals surface area (Å²) in [5.74, 6) is 0. The molecule has 0 unspecified atom stereocenters. The molecule has 2 rings (SSSR count). The van der Waals surface area contributed by atoms with Crippen molar-refractivity contribution in [2.24, 2.45) is 5.16 Å². The largest absolute Gasteiger partial charge is 0.358 e. The SMILES string of the molecule is C=NOS(=O)(=O)c1ccc2ccccc2c1. The van der Waals surface area contributed by atoms with E-state index in [2.05, 4.69) is 16.2 Å². The number of fused-ring (bicyclic) bond motifs is 1. The van der Waals surface area contributed by atoms with Gasteiger partial charge in [-0.15, -0.1) is 0 Å². The molecule has 4 nitrogen and oxygen atoms in total. The molecule has 0 heterocycles. The van der Waals surface area contributed by atoms with Gasteiger partial charge >= 0.3 is 10.1 Å². The van der Waals surface area contributed by atoms with E-state index in [-0.39, 0.29) is 4.90 Å². The first-order valence-electron chi connectivity index (χ1n) is 4.52. The predicted molar refractivity (Wildman–Crippen MR) is 61.8 cm³/mol. The van der Waals surface area contributed by atoms with E-state index in [1.807, 2.05) is 24.3 Å². The fraction of sp³-hybridized carbons (Fsp3) is 0. The van der Waals surface area contributed by atoms with Gasteiger partial charge < -0.3 is 0 Å². The molecule has 0 bridgehead atoms. The van der Waals surface area contributed by atoms with Gasteiger partial charge in [-0.1, -0.05) is 35.5 Å². The van der Waals surface area contributed by atoms with Crippen molar-refractivity contribution in [2.45, 2.75) is 4.90 Å². The lowest BCUT2D eigenvalue weighted by atomic mass is 10.1. The second-order valence-electron chi connectivity index (χ2n) is 3.17. The highest BCUT2D eigenvalue weighted by atomic mass is 32.2. The smallest absolute Gasteiger partial charge is 0.265 e. The van der Waals surface area contributed by atoms with Gasteiger partial charge in [0.25, 0.3) is 0 Å². The Hall–Kier alpha value is -1.88. The predicted octanol–water partition coefficient (Wildman–Crippen LogP) is 2.16. The Morgan fingerprint density at radius 2 is 1.75 bits per heavy atom. The van der Waals surface area contributed by atoms with Gasteiger partial charge in [-0.25, -0.2) is 0 Å². The molecule has 2 aromatic carbocycles. The van der Waals surface area contributed by atoms with Gasteiger partial charge in [0.05, 0.1) is 0 Å². The maximum Gasteiger partial charge on any atom is 0.358 e. The molecule has 2 aromatic rings. The number of benzene rings is 2. The fourth-order valence-corrected chi connectivity index (χ4v) is 2.17. The molecule has 0 saturated carbocycles. The minimum Gasteiger partial charge on any atom is -0.265 e. The molecule has 0 aliphatic rings. The fourth-order valence-electron chi connectivity index (χ4n) is 1.44. The second-order valence-corrected chi connectivity index (χ2v) is 4.70. The molecule has 0 saturated heterocycles. The normalized spacial score (nSPS) is 11.2. The molecule has 82 valence electrons. The highest BCUT2D eigenvalue weighted by Crippen LogP contribution is 2.20. The van der Waals surface area contributed by atoms with E-state index in [1.54, 1.807) is 6.07 Å². The standard InChI is InChI=1S/C11H9NO3S/c1-12-15-16(13,14)11-7-6-9-4-2-3-5-10(9)8-11/h2-8H,1H2. The summed E-state index contributed by atoms with van der Waals surface area (Å²) in [6.07, 6.45) is 0. The summed E-state index contributed by atoms with van der Waals surface area (Å²) in [6, 6.07) is 12.2. The first kappa shape index (κ1) is 10.6. The van der Waals surface area contributed by atoms with Gasteiger partial charge in [-0.3, -0.25) is 4.28 Å². The Bertz CT molecular complexity index is 634. The molecule has 0 aliphatic heterocycles. The van der Waals surface area contributed by atoms with Crippen molar-refractivity contribution in [2.75, 3.05) is 0 Å². The Labute approximate surface area is 93.3 Å². The first-order valence-corrected chi connectivity index (χ1v) is 5.93. The monoisotopic (exact) mass is 235 g/mol. The van der Waals surface area contributed by atoms with Crippen molar-refractivity contribution >= 4 is 27.6 Å². The second kappa shape index (κ2) is 3.94. The van der Waals surface area contributed by atoms with E-state index in [1.165, 1.54) is 12.1 Å². The molecule has 0 fully saturated rings. The summed E-state index contributed by atoms with van der Waals surface area (Å²) < 4.78 is 27.3. The molecule has 0 aliphatic carbocycles. The zero-order chi connectivity index (χ0) is 11.6. The summed E-state index contributed by atoms with van der Waals surface area (Å²) >= 11 is 0. The van der Waals surface area contributed by atoms with Crippen molar-refractivity contribution in [3.63, 3.8) is 0 Å². The van der Waals surface area contributed by atoms with E-state index >= 15 is 0 Å². The van der Waals surface area contributed by atoms with Crippen molar-refractivity contribution in [3.05, 3.63) is 42.5 Å². The van der Waals surface area contributed by atoms with Crippen LogP contribution >= 0.6 is 0 Å². The van der Waals surface area contributed by atoms with Crippen LogP contribution < -0.4 is 0 Å². The summed E-state index contributed by atoms with van der Waals surface area (Å²) in [4.78, 5) is 0.0681. The molecular weight excluding hydrogens is 226 g/mol. The third-order valence-corrected chi connectivity index (χ3v) is 3.29. The van der Waals surface area contributed by atoms with Crippen LogP contribution in [0.3, 0.4) is 0 Å². The molecule has 0 radical (unpaired) electrons. The number of nitrogens with zero attached hydrogens (tertiary/aromatic N) is 1. The van der Waals surface area contributed by atoms with Gasteiger partial charge in [-0.05, 0) is 22.9 Å². The zero-order valence-corrected chi connectivity index (χ0v) is 9.15. The van der Waals surface area contributed by atoms with Crippen LogP contribution in [0.2, 0.25) is 0 Å². The molecule has 0 N–H and O–H groups in total. The quantitative estimate of drug-likeness (QED) is 0.605. The average Bonchev–Trinajstić information content (AvgIpc) is 2.28. The van der Waals surface area contributed by atoms with Crippen molar-refractivity contribution in [1.29, 1.82) is 0 Å². The molecule has 16 heavy (non-hydrogen) atoms. The maximum atomic E-state index is 11.5. The van der Waals surface area contributed by atoms with Crippen LogP contribution in [0.1, 0.15) is 0 Å². The number of hydrogen-bond donors (Lipinski definition) is 0. The molecule has 0 spiro atoms. The van der Waals surface area contributed by atoms with Gasteiger partial charge in [0, 0.05) is 6.72 Å². The first-order chi connectivity index (χ1) is 7.63. The lowest BCUT2D eigenvalue weighted by Crippen LogP contribution is -2.01. The maximum absolute atomic E-state index is 11.5. The Morgan fingerprint density at radius 3 is 2.44 bits per heavy atom. The third kappa shape index (κ3) is 1.90. The van der Waals surface area contributed by atoms with Gasteiger partial charge in [-0.2, -0.15) is 8.42 Å². The highest BCUT2D eigenvalue weighted by molar-refractivity contribution is 7.86. The number of oxime groups is 1. The summed E-state index contributed by atoms with van der Waals surface area (Å²) in [5.41, 5.74) is 0. The van der Waals surface area contributed by atoms with E-state index in [0.717, 1.165) is 10.8 Å². The average molecular weight is 235 g/mol. The van der Waals surface area contributed by atoms with E-state index in [0.29, 0.717) is 0 Å². The molecule has 5 heteroatoms. The number of hydrogen-bond acceptors (Lipinski definition) is 4. The van der Waals surface area contributed by atoms with E-state index < -0.39 is 10.1 Å². The third-order valence-electron chi connectivity index (χ3n) is 2.16. The molecule has 0 atom stereocenters. The minimum atomic E-state index is -3.83. The Balaban J connectivity index is 2.59. The van der Waals surface area contributed by atoms with Crippen LogP contribution in [0.15, 0.2) is 52.5 Å². The van der Waals surface area contributed by atoms with Gasteiger partial charge in [0.15, 0.2) is 0 Å². The lowest BCUT2D eigenvalue weighted by molar-refractivity contribution is 0.342. The van der Waals surface area contributed by atoms with E-state index in [4.69, 9.17) is 0 Å². The van der Waals surface area contributed by atoms with Crippen molar-refractivity contribution in [3.8, 4) is 0 Å². The Kier molecular flexibility index (Phi) is 2.62. The molecular formula is C11H9NO3S. The molecule has 0 amide bonds. The van der Waals surface area contributed by atoms with Gasteiger partial charge in [0.1, 0.15) is 4.90 Å². The minimum absolute atomic E-state index is 0.0681. The van der Waals surface area contributed by atoms with Crippen LogP contribution in [0, 0.1) is 0 Å². The van der Waals surface area contributed by atoms with Crippen molar-refractivity contribution in [1.82, 2.24) is 0 Å². The highest BCUT2D eigenvalue weighted by Gasteiger charge is 2.15. The van der Waals surface area contributed by atoms with Crippen LogP contribution in [0.5, 0.6) is 0 Å². The lowest BCUT2D eigenvalue weighted by Gasteiger charge is -2.02. The van der Waals surface area contributed by atoms with Crippen LogP contribution in [-0.2, 0) is 14.4 Å². The van der Waals surface area contributed by atoms with Crippen LogP contribution in [-0.4, -0.2) is 15.1 Å². The zero-order valence-electron chi connectivity index (χ0n) is 8.33. The van der Waals surface area contributed by atoms with Crippen molar-refractivity contribution < 1.29 is 12.7 Å². The Morgan fingerprint density at radius 1 is 1.06 bits per heavy atom. The summed E-state index contributed by atoms with van der Waals surface area (Å²) in [6.45, 7) is 2.98. The number of rotatable bonds is 3. The summed E-state index contributed by atoms with van der Waals surface area (Å²) in [5, 5.41) is 4.72. The van der Waals surface area contributed by atoms with Crippen LogP contribution in [0.4, 0.5) is 0 Å².